The van der Waals surface area contributed by atoms with Crippen LogP contribution in [0.4, 0.5) is 0 Å². The summed E-state index contributed by atoms with van der Waals surface area (Å²) in [5, 5.41) is 98.5. The number of hydrogen-bond acceptors (Lipinski definition) is 15. The highest BCUT2D eigenvalue weighted by Gasteiger charge is 2.49. The number of nitrogens with one attached hydrogen (secondary N) is 5. The van der Waals surface area contributed by atoms with Crippen molar-refractivity contribution >= 4 is 41.4 Å². The Morgan fingerprint density at radius 2 is 1.36 bits per heavy atom. The van der Waals surface area contributed by atoms with Crippen molar-refractivity contribution in [3.8, 4) is 5.75 Å². The summed E-state index contributed by atoms with van der Waals surface area (Å²) in [4.78, 5) is 99.4. The van der Waals surface area contributed by atoms with Crippen LogP contribution in [0.3, 0.4) is 0 Å². The van der Waals surface area contributed by atoms with E-state index in [1.807, 2.05) is 0 Å². The summed E-state index contributed by atoms with van der Waals surface area (Å²) in [6.45, 7) is 5.23. The van der Waals surface area contributed by atoms with Crippen molar-refractivity contribution in [3.63, 3.8) is 0 Å². The first-order valence-corrected chi connectivity index (χ1v) is 24.8. The van der Waals surface area contributed by atoms with Gasteiger partial charge in [0.25, 0.3) is 0 Å². The molecular weight excluding hydrogens is 915 g/mol. The van der Waals surface area contributed by atoms with E-state index in [-0.39, 0.29) is 25.1 Å². The van der Waals surface area contributed by atoms with Gasteiger partial charge in [-0.05, 0) is 37.0 Å². The molecule has 3 aliphatic rings. The summed E-state index contributed by atoms with van der Waals surface area (Å²) in [5.41, 5.74) is 0.382. The predicted octanol–water partition coefficient (Wildman–Crippen LogP) is -2.08. The fourth-order valence-corrected chi connectivity index (χ4v) is 9.14. The maximum atomic E-state index is 14.3. The lowest BCUT2D eigenvalue weighted by Crippen LogP contribution is -2.63. The number of phenolic OH excluding ortho intramolecular Hbond substituents is 1. The monoisotopic (exact) mass is 992 g/mol. The van der Waals surface area contributed by atoms with E-state index in [2.05, 4.69) is 40.4 Å². The highest BCUT2D eigenvalue weighted by molar-refractivity contribution is 5.98. The molecule has 3 fully saturated rings. The van der Waals surface area contributed by atoms with Gasteiger partial charge in [-0.15, -0.1) is 0 Å². The van der Waals surface area contributed by atoms with Crippen molar-refractivity contribution in [2.24, 2.45) is 11.8 Å². The van der Waals surface area contributed by atoms with Crippen molar-refractivity contribution in [2.75, 3.05) is 19.7 Å². The standard InChI is InChI=1S/C48H77N7O15/c1-5-26(2)14-12-10-8-6-7-9-11-13-15-37(62)49-32-22-36(61)44(66)53-46(68)40-41(63)27(3)23-55(40)47(69)33(25-56)50-45(67)39(35(60)20-29-16-18-30(58)19-17-29)52-43(65)34-21-31(59)24-54(34)48(70)38(28(4)57)51-42(32)64/h16-19,26-28,31-36,38-41,44,56-61,63,66H,5-15,20-25H2,1-4H3,(H,49,62)(H,50,67)(H,51,64)(H,52,65)(H,53,68)/t26-,27-,28+,31+,32-,33-,34-,35-,36+,38-,39-,40-,41-,44+/m0/s1. The second-order valence-corrected chi connectivity index (χ2v) is 19.5. The van der Waals surface area contributed by atoms with E-state index < -0.39 is 146 Å². The number of rotatable bonds is 18. The fraction of sp³-hybridized carbons (Fsp3) is 0.729. The van der Waals surface area contributed by atoms with Gasteiger partial charge in [0.15, 0.2) is 6.23 Å². The molecule has 0 aliphatic carbocycles. The zero-order chi connectivity index (χ0) is 51.8. The lowest BCUT2D eigenvalue weighted by atomic mass is 9.99. The number of nitrogens with zero attached hydrogens (tertiary/aromatic N) is 2. The molecule has 4 rings (SSSR count). The van der Waals surface area contributed by atoms with E-state index in [1.165, 1.54) is 50.5 Å². The number of carbonyl (C=O) groups excluding carboxylic acids is 7. The number of aromatic hydroxyl groups is 1. The maximum Gasteiger partial charge on any atom is 0.248 e. The van der Waals surface area contributed by atoms with Crippen LogP contribution in [0.5, 0.6) is 5.75 Å². The smallest absolute Gasteiger partial charge is 0.248 e. The zero-order valence-corrected chi connectivity index (χ0v) is 40.7. The van der Waals surface area contributed by atoms with E-state index in [4.69, 9.17) is 0 Å². The van der Waals surface area contributed by atoms with Gasteiger partial charge in [-0.3, -0.25) is 33.6 Å². The third kappa shape index (κ3) is 16.3. The Labute approximate surface area is 408 Å². The highest BCUT2D eigenvalue weighted by Crippen LogP contribution is 2.26. The minimum Gasteiger partial charge on any atom is -0.508 e. The summed E-state index contributed by atoms with van der Waals surface area (Å²) in [6.07, 6.45) is -2.14. The molecule has 1 aromatic rings. The molecule has 0 radical (unpaired) electrons. The molecule has 7 amide bonds. The Hall–Kier alpha value is -4.97. The first kappa shape index (κ1) is 57.6. The van der Waals surface area contributed by atoms with Crippen LogP contribution in [-0.2, 0) is 40.0 Å². The average Bonchev–Trinajstić information content (AvgIpc) is 3.86. The van der Waals surface area contributed by atoms with Crippen molar-refractivity contribution in [2.45, 2.75) is 191 Å². The third-order valence-electron chi connectivity index (χ3n) is 13.7. The minimum absolute atomic E-state index is 0.0340. The second-order valence-electron chi connectivity index (χ2n) is 19.5. The van der Waals surface area contributed by atoms with Gasteiger partial charge in [0.1, 0.15) is 48.1 Å². The highest BCUT2D eigenvalue weighted by atomic mass is 16.3. The van der Waals surface area contributed by atoms with Crippen molar-refractivity contribution in [1.82, 2.24) is 36.4 Å². The number of amides is 7. The molecule has 0 aromatic heterocycles. The van der Waals surface area contributed by atoms with Gasteiger partial charge in [0, 0.05) is 44.7 Å². The van der Waals surface area contributed by atoms with Gasteiger partial charge in [0.2, 0.25) is 41.4 Å². The van der Waals surface area contributed by atoms with Crippen LogP contribution in [0.1, 0.15) is 117 Å². The van der Waals surface area contributed by atoms with Crippen LogP contribution in [0.25, 0.3) is 0 Å². The molecule has 0 bridgehead atoms. The number of fused-ring (bicyclic) bond motifs is 2. The van der Waals surface area contributed by atoms with E-state index in [0.29, 0.717) is 18.4 Å². The Morgan fingerprint density at radius 3 is 1.97 bits per heavy atom. The average molecular weight is 992 g/mol. The Balaban J connectivity index is 1.63. The molecule has 70 heavy (non-hydrogen) atoms. The number of hydrogen-bond donors (Lipinski definition) is 13. The summed E-state index contributed by atoms with van der Waals surface area (Å²) in [6, 6.07) is -5.18. The second kappa shape index (κ2) is 27.6. The number of aliphatic hydroxyl groups excluding tert-OH is 7. The Kier molecular flexibility index (Phi) is 22.7. The number of unbranched alkanes of at least 4 members (excludes halogenated alkanes) is 7. The molecule has 3 saturated heterocycles. The van der Waals surface area contributed by atoms with Gasteiger partial charge in [-0.25, -0.2) is 0 Å². The van der Waals surface area contributed by atoms with Crippen LogP contribution in [0, 0.1) is 11.8 Å². The fourth-order valence-electron chi connectivity index (χ4n) is 9.14. The summed E-state index contributed by atoms with van der Waals surface area (Å²) < 4.78 is 0. The van der Waals surface area contributed by atoms with Crippen LogP contribution in [0.2, 0.25) is 0 Å². The first-order chi connectivity index (χ1) is 33.2. The molecular formula is C48H77N7O15. The number of aliphatic hydroxyl groups is 7. The van der Waals surface area contributed by atoms with E-state index in [9.17, 15) is 74.4 Å². The van der Waals surface area contributed by atoms with Crippen molar-refractivity contribution < 1.29 is 74.4 Å². The zero-order valence-electron chi connectivity index (χ0n) is 40.7. The van der Waals surface area contributed by atoms with Gasteiger partial charge >= 0.3 is 0 Å². The van der Waals surface area contributed by atoms with Gasteiger partial charge in [-0.2, -0.15) is 0 Å². The molecule has 0 unspecified atom stereocenters. The molecule has 3 heterocycles. The summed E-state index contributed by atoms with van der Waals surface area (Å²) in [7, 11) is 0. The lowest BCUT2D eigenvalue weighted by Gasteiger charge is -2.32. The molecule has 14 atom stereocenters. The van der Waals surface area contributed by atoms with Gasteiger partial charge in [0.05, 0.1) is 31.0 Å². The lowest BCUT2D eigenvalue weighted by molar-refractivity contribution is -0.147. The van der Waals surface area contributed by atoms with Crippen molar-refractivity contribution in [1.29, 1.82) is 0 Å². The molecule has 0 saturated carbocycles. The molecule has 22 nitrogen and oxygen atoms in total. The van der Waals surface area contributed by atoms with Gasteiger partial charge in [-0.1, -0.05) is 90.7 Å². The molecule has 22 heteroatoms. The largest absolute Gasteiger partial charge is 0.508 e. The van der Waals surface area contributed by atoms with Crippen molar-refractivity contribution in [3.05, 3.63) is 29.8 Å². The predicted molar refractivity (Wildman–Crippen MR) is 252 cm³/mol. The van der Waals surface area contributed by atoms with Crippen LogP contribution >= 0.6 is 0 Å². The molecule has 1 aromatic carbocycles. The van der Waals surface area contributed by atoms with Crippen LogP contribution in [0.15, 0.2) is 24.3 Å². The topological polar surface area (TPSA) is 348 Å². The molecule has 0 spiro atoms. The molecule has 394 valence electrons. The molecule has 3 aliphatic heterocycles. The number of benzene rings is 1. The maximum absolute atomic E-state index is 14.3. The Bertz CT molecular complexity index is 1910. The van der Waals surface area contributed by atoms with E-state index in [0.717, 1.165) is 54.7 Å². The number of phenols is 1. The quantitative estimate of drug-likeness (QED) is 0.0703. The minimum atomic E-state index is -2.19. The van der Waals surface area contributed by atoms with E-state index in [1.54, 1.807) is 0 Å². The molecule has 13 N–H and O–H groups in total. The first-order valence-electron chi connectivity index (χ1n) is 24.8. The summed E-state index contributed by atoms with van der Waals surface area (Å²) >= 11 is 0. The Morgan fingerprint density at radius 1 is 0.743 bits per heavy atom. The van der Waals surface area contributed by atoms with Crippen LogP contribution < -0.4 is 26.6 Å². The van der Waals surface area contributed by atoms with E-state index >= 15 is 0 Å². The third-order valence-corrected chi connectivity index (χ3v) is 13.7. The SMILES string of the molecule is CC[C@H](C)CCCCCCCCCCC(=O)N[C@H]1C[C@@H](O)[C@@H](O)NC(=O)[C@@H]2[C@@H](O)[C@@H](C)CN2C(=O)[C@H](CO)NC(=O)[C@H]([C@@H](O)Cc2ccc(O)cc2)NC(=O)[C@@H]2C[C@@H](O)CN2C(=O)[C@H]([C@@H](C)O)NC1=O. The van der Waals surface area contributed by atoms with Crippen LogP contribution in [-0.4, -0.2) is 185 Å². The van der Waals surface area contributed by atoms with Gasteiger partial charge < -0.3 is 77.2 Å². The number of carbonyl (C=O) groups is 7. The summed E-state index contributed by atoms with van der Waals surface area (Å²) in [5.74, 6) is -7.57. The normalized spacial score (nSPS) is 30.0.